The van der Waals surface area contributed by atoms with Crippen LogP contribution >= 0.6 is 0 Å². The van der Waals surface area contributed by atoms with Crippen molar-refractivity contribution in [3.8, 4) is 0 Å². The van der Waals surface area contributed by atoms with Gasteiger partial charge in [-0.15, -0.1) is 0 Å². The summed E-state index contributed by atoms with van der Waals surface area (Å²) in [6, 6.07) is 22.3. The van der Waals surface area contributed by atoms with Gasteiger partial charge >= 0.3 is 0 Å². The van der Waals surface area contributed by atoms with E-state index in [1.807, 2.05) is 42.5 Å². The Bertz CT molecular complexity index is 1460. The number of carbonyl (C=O) groups is 1. The smallest absolute Gasteiger partial charge is 0.265 e. The number of aromatic nitrogens is 1. The molecule has 5 rings (SSSR count). The Morgan fingerprint density at radius 2 is 1.73 bits per heavy atom. The lowest BCUT2D eigenvalue weighted by molar-refractivity contribution is -0.117. The van der Waals surface area contributed by atoms with Gasteiger partial charge in [-0.2, -0.15) is 0 Å². The fourth-order valence-electron chi connectivity index (χ4n) is 3.94. The van der Waals surface area contributed by atoms with E-state index in [9.17, 15) is 17.6 Å². The fourth-order valence-corrected chi connectivity index (χ4v) is 5.01. The summed E-state index contributed by atoms with van der Waals surface area (Å²) < 4.78 is 42.0. The predicted molar refractivity (Wildman–Crippen MR) is 125 cm³/mol. The highest BCUT2D eigenvalue weighted by molar-refractivity contribution is 7.92. The number of hydrogen-bond donors (Lipinski definition) is 2. The van der Waals surface area contributed by atoms with Gasteiger partial charge in [0.1, 0.15) is 16.5 Å². The summed E-state index contributed by atoms with van der Waals surface area (Å²) in [5.41, 5.74) is 1.31. The highest BCUT2D eigenvalue weighted by atomic mass is 32.2. The lowest BCUT2D eigenvalue weighted by Gasteiger charge is -2.10. The van der Waals surface area contributed by atoms with Crippen LogP contribution in [0.1, 0.15) is 17.9 Å². The largest absolute Gasteiger partial charge is 0.326 e. The maximum absolute atomic E-state index is 14.7. The molecule has 1 saturated carbocycles. The topological polar surface area (TPSA) is 88.2 Å². The average molecular weight is 462 g/mol. The number of benzene rings is 3. The minimum absolute atomic E-state index is 0.105. The number of anilines is 2. The normalized spacial score (nSPS) is 17.5. The SMILES string of the molecule is O=C(Nc1ccc2ccccc2c1)[C@@H]1CC1c1ccc(S(=O)(=O)Nc2ccccn2)c(F)c1. The molecule has 8 heteroatoms. The molecule has 1 unspecified atom stereocenters. The van der Waals surface area contributed by atoms with Crippen molar-refractivity contribution in [2.24, 2.45) is 5.92 Å². The molecule has 4 aromatic rings. The van der Waals surface area contributed by atoms with Gasteiger partial charge in [-0.25, -0.2) is 17.8 Å². The second-order valence-electron chi connectivity index (χ2n) is 8.01. The highest BCUT2D eigenvalue weighted by Crippen LogP contribution is 2.48. The van der Waals surface area contributed by atoms with Gasteiger partial charge in [0.15, 0.2) is 0 Å². The summed E-state index contributed by atoms with van der Waals surface area (Å²) in [6.45, 7) is 0. The van der Waals surface area contributed by atoms with Crippen molar-refractivity contribution in [2.75, 3.05) is 10.0 Å². The Balaban J connectivity index is 1.28. The van der Waals surface area contributed by atoms with Crippen molar-refractivity contribution < 1.29 is 17.6 Å². The standard InChI is InChI=1S/C25H20FN3O3S/c26-22-14-18(9-11-23(22)33(31,32)29-24-7-3-4-12-27-24)20-15-21(20)25(30)28-19-10-8-16-5-1-2-6-17(16)13-19/h1-14,20-21H,15H2,(H,27,29)(H,28,30)/t20?,21-/m1/s1. The predicted octanol–water partition coefficient (Wildman–Crippen LogP) is 4.92. The molecule has 0 saturated heterocycles. The third kappa shape index (κ3) is 4.42. The summed E-state index contributed by atoms with van der Waals surface area (Å²) in [5.74, 6) is -1.33. The third-order valence-corrected chi connectivity index (χ3v) is 7.11. The van der Waals surface area contributed by atoms with Gasteiger partial charge in [0.2, 0.25) is 5.91 Å². The molecule has 1 amide bonds. The zero-order chi connectivity index (χ0) is 23.0. The number of hydrogen-bond acceptors (Lipinski definition) is 4. The fraction of sp³-hybridized carbons (Fsp3) is 0.120. The van der Waals surface area contributed by atoms with Crippen LogP contribution in [-0.2, 0) is 14.8 Å². The van der Waals surface area contributed by atoms with E-state index in [4.69, 9.17) is 0 Å². The molecule has 2 atom stereocenters. The van der Waals surface area contributed by atoms with Crippen molar-refractivity contribution in [2.45, 2.75) is 17.2 Å². The zero-order valence-electron chi connectivity index (χ0n) is 17.4. The number of pyridine rings is 1. The van der Waals surface area contributed by atoms with E-state index in [0.717, 1.165) is 10.8 Å². The van der Waals surface area contributed by atoms with Gasteiger partial charge in [0.25, 0.3) is 10.0 Å². The number of halogens is 1. The van der Waals surface area contributed by atoms with E-state index in [1.165, 1.54) is 24.4 Å². The highest BCUT2D eigenvalue weighted by Gasteiger charge is 2.44. The Morgan fingerprint density at radius 3 is 2.48 bits per heavy atom. The van der Waals surface area contributed by atoms with E-state index in [1.54, 1.807) is 18.2 Å². The van der Waals surface area contributed by atoms with Crippen LogP contribution in [0.25, 0.3) is 10.8 Å². The van der Waals surface area contributed by atoms with E-state index in [0.29, 0.717) is 17.7 Å². The molecular formula is C25H20FN3O3S. The molecule has 1 fully saturated rings. The molecule has 6 nitrogen and oxygen atoms in total. The molecule has 1 heterocycles. The van der Waals surface area contributed by atoms with Gasteiger partial charge in [-0.3, -0.25) is 9.52 Å². The van der Waals surface area contributed by atoms with Crippen molar-refractivity contribution in [3.05, 3.63) is 96.4 Å². The molecule has 0 aliphatic heterocycles. The van der Waals surface area contributed by atoms with Gasteiger partial charge in [-0.05, 0) is 65.1 Å². The van der Waals surface area contributed by atoms with Crippen LogP contribution < -0.4 is 10.0 Å². The molecule has 1 aliphatic carbocycles. The number of nitrogens with one attached hydrogen (secondary N) is 2. The summed E-state index contributed by atoms with van der Waals surface area (Å²) in [7, 11) is -4.12. The van der Waals surface area contributed by atoms with Crippen LogP contribution in [0.2, 0.25) is 0 Å². The Morgan fingerprint density at radius 1 is 0.939 bits per heavy atom. The molecular weight excluding hydrogens is 441 g/mol. The minimum Gasteiger partial charge on any atom is -0.326 e. The van der Waals surface area contributed by atoms with Crippen LogP contribution in [-0.4, -0.2) is 19.3 Å². The zero-order valence-corrected chi connectivity index (χ0v) is 18.2. The van der Waals surface area contributed by atoms with Crippen LogP contribution in [0.4, 0.5) is 15.9 Å². The van der Waals surface area contributed by atoms with E-state index in [-0.39, 0.29) is 23.6 Å². The first-order valence-corrected chi connectivity index (χ1v) is 11.9. The van der Waals surface area contributed by atoms with Crippen LogP contribution in [0.15, 0.2) is 90.0 Å². The van der Waals surface area contributed by atoms with Crippen LogP contribution in [0.3, 0.4) is 0 Å². The molecule has 33 heavy (non-hydrogen) atoms. The maximum Gasteiger partial charge on any atom is 0.265 e. The Kier molecular flexibility index (Phi) is 5.30. The number of fused-ring (bicyclic) bond motifs is 1. The lowest BCUT2D eigenvalue weighted by Crippen LogP contribution is -2.16. The maximum atomic E-state index is 14.7. The minimum atomic E-state index is -4.12. The number of amides is 1. The summed E-state index contributed by atoms with van der Waals surface area (Å²) in [6.07, 6.45) is 2.02. The molecule has 3 aromatic carbocycles. The van der Waals surface area contributed by atoms with Crippen molar-refractivity contribution in [3.63, 3.8) is 0 Å². The second kappa shape index (κ2) is 8.29. The second-order valence-corrected chi connectivity index (χ2v) is 9.66. The molecule has 166 valence electrons. The molecule has 0 bridgehead atoms. The molecule has 1 aliphatic rings. The molecule has 2 N–H and O–H groups in total. The van der Waals surface area contributed by atoms with Crippen molar-refractivity contribution >= 4 is 38.2 Å². The quantitative estimate of drug-likeness (QED) is 0.427. The number of carbonyl (C=O) groups excluding carboxylic acids is 1. The number of sulfonamides is 1. The van der Waals surface area contributed by atoms with Crippen molar-refractivity contribution in [1.82, 2.24) is 4.98 Å². The average Bonchev–Trinajstić information content (AvgIpc) is 3.60. The summed E-state index contributed by atoms with van der Waals surface area (Å²) in [5, 5.41) is 5.04. The first-order valence-electron chi connectivity index (χ1n) is 10.4. The van der Waals surface area contributed by atoms with Gasteiger partial charge in [-0.1, -0.05) is 42.5 Å². The molecule has 0 spiro atoms. The molecule has 1 aromatic heterocycles. The molecule has 0 radical (unpaired) electrons. The van der Waals surface area contributed by atoms with Gasteiger partial charge in [0, 0.05) is 17.8 Å². The summed E-state index contributed by atoms with van der Waals surface area (Å²) in [4.78, 5) is 16.1. The Labute approximate surface area is 190 Å². The van der Waals surface area contributed by atoms with Gasteiger partial charge in [0.05, 0.1) is 0 Å². The summed E-state index contributed by atoms with van der Waals surface area (Å²) >= 11 is 0. The Hall–Kier alpha value is -3.78. The van der Waals surface area contributed by atoms with Crippen LogP contribution in [0, 0.1) is 11.7 Å². The third-order valence-electron chi connectivity index (χ3n) is 5.72. The van der Waals surface area contributed by atoms with Crippen LogP contribution in [0.5, 0.6) is 0 Å². The number of nitrogens with zero attached hydrogens (tertiary/aromatic N) is 1. The van der Waals surface area contributed by atoms with E-state index >= 15 is 0 Å². The first-order chi connectivity index (χ1) is 15.9. The van der Waals surface area contributed by atoms with E-state index in [2.05, 4.69) is 15.0 Å². The van der Waals surface area contributed by atoms with Crippen molar-refractivity contribution in [1.29, 1.82) is 0 Å². The monoisotopic (exact) mass is 461 g/mol. The number of rotatable bonds is 6. The van der Waals surface area contributed by atoms with E-state index < -0.39 is 20.7 Å². The lowest BCUT2D eigenvalue weighted by atomic mass is 10.1. The van der Waals surface area contributed by atoms with Gasteiger partial charge < -0.3 is 5.32 Å². The first kappa shape index (κ1) is 21.1.